The van der Waals surface area contributed by atoms with Crippen molar-refractivity contribution < 1.29 is 24.0 Å². The van der Waals surface area contributed by atoms with E-state index in [9.17, 15) is 14.4 Å². The third-order valence-electron chi connectivity index (χ3n) is 4.32. The predicted octanol–water partition coefficient (Wildman–Crippen LogP) is 4.29. The summed E-state index contributed by atoms with van der Waals surface area (Å²) >= 11 is 5.86. The summed E-state index contributed by atoms with van der Waals surface area (Å²) in [6.45, 7) is 0.286. The van der Waals surface area contributed by atoms with Gasteiger partial charge in [0.15, 0.2) is 0 Å². The summed E-state index contributed by atoms with van der Waals surface area (Å²) in [6, 6.07) is 19.8. The second-order valence-electron chi connectivity index (χ2n) is 6.27. The molecule has 0 bridgehead atoms. The Labute approximate surface area is 171 Å². The average Bonchev–Trinajstić information content (AvgIpc) is 2.99. The third-order valence-corrected chi connectivity index (χ3v) is 4.57. The van der Waals surface area contributed by atoms with Gasteiger partial charge in [0.25, 0.3) is 11.8 Å². The molecule has 144 valence electrons. The molecule has 6 nitrogen and oxygen atoms in total. The van der Waals surface area contributed by atoms with Gasteiger partial charge in [0.2, 0.25) is 0 Å². The SMILES string of the molecule is O=C(ON1C(=O)c2ccccc2C1=O)c1cccc(OCc2ccc(Cl)cc2)c1. The number of hydrogen-bond acceptors (Lipinski definition) is 5. The predicted molar refractivity (Wildman–Crippen MR) is 105 cm³/mol. The fourth-order valence-electron chi connectivity index (χ4n) is 2.85. The summed E-state index contributed by atoms with van der Waals surface area (Å²) in [5.74, 6) is -1.74. The van der Waals surface area contributed by atoms with E-state index in [-0.39, 0.29) is 23.3 Å². The van der Waals surface area contributed by atoms with Crippen LogP contribution in [-0.2, 0) is 11.4 Å². The van der Waals surface area contributed by atoms with Crippen molar-refractivity contribution in [1.29, 1.82) is 0 Å². The number of benzene rings is 3. The van der Waals surface area contributed by atoms with Crippen molar-refractivity contribution in [3.63, 3.8) is 0 Å². The van der Waals surface area contributed by atoms with Gasteiger partial charge in [0.1, 0.15) is 12.4 Å². The number of nitrogens with zero attached hydrogens (tertiary/aromatic N) is 1. The molecule has 2 amide bonds. The highest BCUT2D eigenvalue weighted by Crippen LogP contribution is 2.24. The van der Waals surface area contributed by atoms with Crippen LogP contribution in [0.5, 0.6) is 5.75 Å². The number of carbonyl (C=O) groups is 3. The first-order chi connectivity index (χ1) is 14.0. The minimum absolute atomic E-state index is 0.148. The first-order valence-corrected chi connectivity index (χ1v) is 9.08. The molecule has 3 aromatic carbocycles. The van der Waals surface area contributed by atoms with Crippen molar-refractivity contribution >= 4 is 29.4 Å². The Morgan fingerprint density at radius 3 is 2.17 bits per heavy atom. The molecule has 1 aliphatic heterocycles. The van der Waals surface area contributed by atoms with Gasteiger partial charge in [-0.05, 0) is 48.0 Å². The van der Waals surface area contributed by atoms with Crippen LogP contribution < -0.4 is 4.74 Å². The van der Waals surface area contributed by atoms with Crippen LogP contribution in [0.15, 0.2) is 72.8 Å². The first-order valence-electron chi connectivity index (χ1n) is 8.70. The summed E-state index contributed by atoms with van der Waals surface area (Å²) in [5.41, 5.74) is 1.46. The van der Waals surface area contributed by atoms with Gasteiger partial charge in [-0.1, -0.05) is 47.0 Å². The molecule has 0 saturated carbocycles. The highest BCUT2D eigenvalue weighted by atomic mass is 35.5. The summed E-state index contributed by atoms with van der Waals surface area (Å²) in [5, 5.41) is 1.11. The van der Waals surface area contributed by atoms with Crippen molar-refractivity contribution in [2.75, 3.05) is 0 Å². The Balaban J connectivity index is 1.44. The largest absolute Gasteiger partial charge is 0.489 e. The fraction of sp³-hybridized carbons (Fsp3) is 0.0455. The van der Waals surface area contributed by atoms with E-state index in [0.29, 0.717) is 15.8 Å². The quantitative estimate of drug-likeness (QED) is 0.590. The molecule has 0 radical (unpaired) electrons. The zero-order chi connectivity index (χ0) is 20.4. The minimum Gasteiger partial charge on any atom is -0.489 e. The molecule has 29 heavy (non-hydrogen) atoms. The summed E-state index contributed by atoms with van der Waals surface area (Å²) in [4.78, 5) is 42.2. The number of imide groups is 1. The molecule has 3 aromatic rings. The number of hydrogen-bond donors (Lipinski definition) is 0. The Kier molecular flexibility index (Phi) is 5.01. The second-order valence-corrected chi connectivity index (χ2v) is 6.71. The van der Waals surface area contributed by atoms with Gasteiger partial charge in [-0.3, -0.25) is 9.59 Å². The van der Waals surface area contributed by atoms with Gasteiger partial charge < -0.3 is 9.57 Å². The fourth-order valence-corrected chi connectivity index (χ4v) is 2.97. The molecule has 4 rings (SSSR count). The number of amides is 2. The van der Waals surface area contributed by atoms with Crippen molar-refractivity contribution in [1.82, 2.24) is 5.06 Å². The molecular weight excluding hydrogens is 394 g/mol. The maximum absolute atomic E-state index is 12.5. The Morgan fingerprint density at radius 1 is 0.862 bits per heavy atom. The number of halogens is 1. The van der Waals surface area contributed by atoms with Crippen molar-refractivity contribution in [3.05, 3.63) is 100 Å². The van der Waals surface area contributed by atoms with E-state index < -0.39 is 17.8 Å². The van der Waals surface area contributed by atoms with Gasteiger partial charge in [-0.15, -0.1) is 0 Å². The molecule has 1 aliphatic rings. The van der Waals surface area contributed by atoms with E-state index in [4.69, 9.17) is 21.2 Å². The smallest absolute Gasteiger partial charge is 0.364 e. The Hall–Kier alpha value is -3.64. The van der Waals surface area contributed by atoms with Crippen LogP contribution in [0.3, 0.4) is 0 Å². The van der Waals surface area contributed by atoms with Crippen LogP contribution in [0.1, 0.15) is 36.6 Å². The number of carbonyl (C=O) groups excluding carboxylic acids is 3. The summed E-state index contributed by atoms with van der Waals surface area (Å²) < 4.78 is 5.69. The molecule has 0 N–H and O–H groups in total. The van der Waals surface area contributed by atoms with Crippen LogP contribution in [0, 0.1) is 0 Å². The molecule has 0 aromatic heterocycles. The lowest BCUT2D eigenvalue weighted by atomic mass is 10.1. The minimum atomic E-state index is -0.837. The van der Waals surface area contributed by atoms with Crippen molar-refractivity contribution in [2.24, 2.45) is 0 Å². The molecule has 7 heteroatoms. The molecular formula is C22H14ClNO5. The van der Waals surface area contributed by atoms with E-state index in [0.717, 1.165) is 5.56 Å². The maximum atomic E-state index is 12.5. The topological polar surface area (TPSA) is 72.9 Å². The van der Waals surface area contributed by atoms with E-state index >= 15 is 0 Å². The van der Waals surface area contributed by atoms with E-state index in [1.807, 2.05) is 12.1 Å². The maximum Gasteiger partial charge on any atom is 0.364 e. The lowest BCUT2D eigenvalue weighted by molar-refractivity contribution is -0.0584. The van der Waals surface area contributed by atoms with Crippen LogP contribution in [0.2, 0.25) is 5.02 Å². The molecule has 0 spiro atoms. The van der Waals surface area contributed by atoms with E-state index in [1.54, 1.807) is 36.4 Å². The van der Waals surface area contributed by atoms with Crippen molar-refractivity contribution in [2.45, 2.75) is 6.61 Å². The van der Waals surface area contributed by atoms with Crippen LogP contribution in [0.25, 0.3) is 0 Å². The molecule has 0 aliphatic carbocycles. The van der Waals surface area contributed by atoms with Crippen LogP contribution in [-0.4, -0.2) is 22.8 Å². The molecule has 0 saturated heterocycles. The van der Waals surface area contributed by atoms with Crippen LogP contribution in [0.4, 0.5) is 0 Å². The molecule has 0 unspecified atom stereocenters. The number of hydroxylamine groups is 2. The van der Waals surface area contributed by atoms with Gasteiger partial charge in [0.05, 0.1) is 16.7 Å². The van der Waals surface area contributed by atoms with E-state index in [2.05, 4.69) is 0 Å². The Bertz CT molecular complexity index is 1080. The zero-order valence-corrected chi connectivity index (χ0v) is 15.8. The lowest BCUT2D eigenvalue weighted by Crippen LogP contribution is -2.32. The zero-order valence-electron chi connectivity index (χ0n) is 15.0. The third kappa shape index (κ3) is 3.83. The molecule has 0 atom stereocenters. The number of fused-ring (bicyclic) bond motifs is 1. The van der Waals surface area contributed by atoms with Gasteiger partial charge in [-0.2, -0.15) is 0 Å². The van der Waals surface area contributed by atoms with Crippen molar-refractivity contribution in [3.8, 4) is 5.75 Å². The summed E-state index contributed by atoms with van der Waals surface area (Å²) in [6.07, 6.45) is 0. The normalized spacial score (nSPS) is 12.7. The number of ether oxygens (including phenoxy) is 1. The Morgan fingerprint density at radius 2 is 1.52 bits per heavy atom. The highest BCUT2D eigenvalue weighted by Gasteiger charge is 2.38. The second kappa shape index (κ2) is 7.77. The standard InChI is InChI=1S/C22H14ClNO5/c23-16-10-8-14(9-11-16)13-28-17-5-3-4-15(12-17)22(27)29-24-20(25)18-6-1-2-7-19(18)21(24)26/h1-12H,13H2. The molecule has 1 heterocycles. The van der Waals surface area contributed by atoms with Gasteiger partial charge >= 0.3 is 5.97 Å². The monoisotopic (exact) mass is 407 g/mol. The van der Waals surface area contributed by atoms with E-state index in [1.165, 1.54) is 24.3 Å². The average molecular weight is 408 g/mol. The van der Waals surface area contributed by atoms with Crippen LogP contribution >= 0.6 is 11.6 Å². The number of rotatable bonds is 5. The van der Waals surface area contributed by atoms with Gasteiger partial charge in [-0.25, -0.2) is 4.79 Å². The molecule has 0 fully saturated rings. The first kappa shape index (κ1) is 18.7. The van der Waals surface area contributed by atoms with Gasteiger partial charge in [0, 0.05) is 5.02 Å². The lowest BCUT2D eigenvalue weighted by Gasteiger charge is -2.13. The summed E-state index contributed by atoms with van der Waals surface area (Å²) in [7, 11) is 0. The highest BCUT2D eigenvalue weighted by molar-refractivity contribution is 6.30.